The molecule has 0 radical (unpaired) electrons. The van der Waals surface area contributed by atoms with Gasteiger partial charge in [-0.05, 0) is 32.4 Å². The van der Waals surface area contributed by atoms with Crippen LogP contribution in [0, 0.1) is 0 Å². The topological polar surface area (TPSA) is 48.3 Å². The second kappa shape index (κ2) is 6.60. The molecule has 0 unspecified atom stereocenters. The fourth-order valence-electron chi connectivity index (χ4n) is 2.17. The number of nitrogens with zero attached hydrogens (tertiary/aromatic N) is 1. The summed E-state index contributed by atoms with van der Waals surface area (Å²) in [7, 11) is 0. The molecule has 2 rings (SSSR count). The third-order valence-electron chi connectivity index (χ3n) is 3.06. The van der Waals surface area contributed by atoms with Crippen molar-refractivity contribution in [1.82, 2.24) is 4.57 Å². The molecule has 0 aliphatic heterocycles. The first-order valence-corrected chi connectivity index (χ1v) is 7.29. The van der Waals surface area contributed by atoms with Gasteiger partial charge >= 0.3 is 5.97 Å². The molecule has 0 aliphatic rings. The van der Waals surface area contributed by atoms with Gasteiger partial charge in [-0.15, -0.1) is 0 Å². The number of hydrogen-bond donors (Lipinski definition) is 0. The third kappa shape index (κ3) is 4.58. The van der Waals surface area contributed by atoms with Gasteiger partial charge in [0.2, 0.25) is 0 Å². The predicted octanol–water partition coefficient (Wildman–Crippen LogP) is 2.78. The maximum Gasteiger partial charge on any atom is 0.326 e. The van der Waals surface area contributed by atoms with Crippen molar-refractivity contribution in [2.75, 3.05) is 0 Å². The van der Waals surface area contributed by atoms with Crippen LogP contribution in [0.4, 0.5) is 0 Å². The Morgan fingerprint density at radius 3 is 2.41 bits per heavy atom. The summed E-state index contributed by atoms with van der Waals surface area (Å²) in [5.74, 6) is -0.411. The SMILES string of the molecule is CC(C)(C)OC(=O)Cn1cccc(Cc2ccccc2)c1=O. The zero-order valence-electron chi connectivity index (χ0n) is 13.2. The van der Waals surface area contributed by atoms with Gasteiger partial charge in [0, 0.05) is 18.2 Å². The summed E-state index contributed by atoms with van der Waals surface area (Å²) in [6.07, 6.45) is 2.16. The number of aromatic nitrogens is 1. The molecule has 0 amide bonds. The molecule has 1 aromatic carbocycles. The maximum atomic E-state index is 12.4. The standard InChI is InChI=1S/C18H21NO3/c1-18(2,3)22-16(20)13-19-11-7-10-15(17(19)21)12-14-8-5-4-6-9-14/h4-11H,12-13H2,1-3H3. The molecule has 0 saturated heterocycles. The van der Waals surface area contributed by atoms with Crippen LogP contribution in [0.5, 0.6) is 0 Å². The van der Waals surface area contributed by atoms with E-state index in [-0.39, 0.29) is 12.1 Å². The van der Waals surface area contributed by atoms with E-state index < -0.39 is 11.6 Å². The normalized spacial score (nSPS) is 11.2. The van der Waals surface area contributed by atoms with Gasteiger partial charge in [0.25, 0.3) is 5.56 Å². The molecule has 1 aromatic heterocycles. The zero-order chi connectivity index (χ0) is 16.2. The van der Waals surface area contributed by atoms with Crippen LogP contribution in [0.1, 0.15) is 31.9 Å². The van der Waals surface area contributed by atoms with E-state index >= 15 is 0 Å². The average Bonchev–Trinajstić information content (AvgIpc) is 2.42. The average molecular weight is 299 g/mol. The van der Waals surface area contributed by atoms with Crippen LogP contribution in [-0.4, -0.2) is 16.1 Å². The summed E-state index contributed by atoms with van der Waals surface area (Å²) in [6, 6.07) is 13.4. The first kappa shape index (κ1) is 16.0. The van der Waals surface area contributed by atoms with Crippen LogP contribution >= 0.6 is 0 Å². The minimum Gasteiger partial charge on any atom is -0.459 e. The fraction of sp³-hybridized carbons (Fsp3) is 0.333. The highest BCUT2D eigenvalue weighted by Gasteiger charge is 2.17. The number of hydrogen-bond acceptors (Lipinski definition) is 3. The number of esters is 1. The molecule has 0 saturated carbocycles. The summed E-state index contributed by atoms with van der Waals surface area (Å²) in [5.41, 5.74) is 1.02. The summed E-state index contributed by atoms with van der Waals surface area (Å²) in [6.45, 7) is 5.34. The van der Waals surface area contributed by atoms with Gasteiger partial charge in [-0.2, -0.15) is 0 Å². The zero-order valence-corrected chi connectivity index (χ0v) is 13.2. The Balaban J connectivity index is 2.16. The smallest absolute Gasteiger partial charge is 0.326 e. The molecule has 0 fully saturated rings. The van der Waals surface area contributed by atoms with Crippen molar-refractivity contribution in [3.63, 3.8) is 0 Å². The van der Waals surface area contributed by atoms with E-state index in [4.69, 9.17) is 4.74 Å². The Hall–Kier alpha value is -2.36. The number of rotatable bonds is 4. The van der Waals surface area contributed by atoms with Crippen molar-refractivity contribution in [2.24, 2.45) is 0 Å². The highest BCUT2D eigenvalue weighted by Crippen LogP contribution is 2.08. The fourth-order valence-corrected chi connectivity index (χ4v) is 2.17. The molecule has 0 aliphatic carbocycles. The van der Waals surface area contributed by atoms with Gasteiger partial charge < -0.3 is 9.30 Å². The maximum absolute atomic E-state index is 12.4. The molecule has 4 nitrogen and oxygen atoms in total. The highest BCUT2D eigenvalue weighted by molar-refractivity contribution is 5.69. The molecular formula is C18H21NO3. The van der Waals surface area contributed by atoms with Crippen LogP contribution in [0.15, 0.2) is 53.5 Å². The van der Waals surface area contributed by atoms with Crippen molar-refractivity contribution in [3.8, 4) is 0 Å². The minimum absolute atomic E-state index is 0.0707. The Bertz CT molecular complexity index is 696. The molecule has 22 heavy (non-hydrogen) atoms. The summed E-state index contributed by atoms with van der Waals surface area (Å²) in [4.78, 5) is 24.3. The lowest BCUT2D eigenvalue weighted by molar-refractivity contribution is -0.155. The molecule has 1 heterocycles. The number of carbonyl (C=O) groups is 1. The first-order valence-electron chi connectivity index (χ1n) is 7.29. The van der Waals surface area contributed by atoms with Crippen molar-refractivity contribution in [3.05, 3.63) is 70.1 Å². The highest BCUT2D eigenvalue weighted by atomic mass is 16.6. The molecule has 0 N–H and O–H groups in total. The van der Waals surface area contributed by atoms with Crippen molar-refractivity contribution in [1.29, 1.82) is 0 Å². The molecular weight excluding hydrogens is 278 g/mol. The Kier molecular flexibility index (Phi) is 4.81. The van der Waals surface area contributed by atoms with E-state index in [0.29, 0.717) is 12.0 Å². The summed E-state index contributed by atoms with van der Waals surface area (Å²) in [5, 5.41) is 0. The molecule has 0 bridgehead atoms. The summed E-state index contributed by atoms with van der Waals surface area (Å²) >= 11 is 0. The molecule has 4 heteroatoms. The van der Waals surface area contributed by atoms with Crippen molar-refractivity contribution in [2.45, 2.75) is 39.3 Å². The van der Waals surface area contributed by atoms with E-state index in [2.05, 4.69) is 0 Å². The van der Waals surface area contributed by atoms with Gasteiger partial charge in [0.1, 0.15) is 12.1 Å². The minimum atomic E-state index is -0.553. The van der Waals surface area contributed by atoms with Crippen LogP contribution in [-0.2, 0) is 22.5 Å². The van der Waals surface area contributed by atoms with Crippen LogP contribution < -0.4 is 5.56 Å². The lowest BCUT2D eigenvalue weighted by Gasteiger charge is -2.19. The van der Waals surface area contributed by atoms with E-state index in [9.17, 15) is 9.59 Å². The molecule has 116 valence electrons. The Morgan fingerprint density at radius 1 is 1.09 bits per heavy atom. The predicted molar refractivity (Wildman–Crippen MR) is 85.8 cm³/mol. The monoisotopic (exact) mass is 299 g/mol. The van der Waals surface area contributed by atoms with E-state index in [1.807, 2.05) is 30.3 Å². The lowest BCUT2D eigenvalue weighted by Crippen LogP contribution is -2.31. The van der Waals surface area contributed by atoms with Crippen molar-refractivity contribution < 1.29 is 9.53 Å². The van der Waals surface area contributed by atoms with Crippen LogP contribution in [0.25, 0.3) is 0 Å². The Morgan fingerprint density at radius 2 is 1.77 bits per heavy atom. The second-order valence-corrected chi connectivity index (χ2v) is 6.22. The van der Waals surface area contributed by atoms with Gasteiger partial charge in [-0.25, -0.2) is 0 Å². The summed E-state index contributed by atoms with van der Waals surface area (Å²) < 4.78 is 6.65. The first-order chi connectivity index (χ1) is 10.3. The van der Waals surface area contributed by atoms with Crippen LogP contribution in [0.3, 0.4) is 0 Å². The Labute approximate surface area is 130 Å². The quantitative estimate of drug-likeness (QED) is 0.816. The largest absolute Gasteiger partial charge is 0.459 e. The number of carbonyl (C=O) groups excluding carboxylic acids is 1. The van der Waals surface area contributed by atoms with E-state index in [1.54, 1.807) is 39.1 Å². The second-order valence-electron chi connectivity index (χ2n) is 6.22. The van der Waals surface area contributed by atoms with E-state index in [1.165, 1.54) is 4.57 Å². The molecule has 0 spiro atoms. The van der Waals surface area contributed by atoms with E-state index in [0.717, 1.165) is 5.56 Å². The molecule has 2 aromatic rings. The van der Waals surface area contributed by atoms with Crippen molar-refractivity contribution >= 4 is 5.97 Å². The number of ether oxygens (including phenoxy) is 1. The van der Waals surface area contributed by atoms with Crippen LogP contribution in [0.2, 0.25) is 0 Å². The van der Waals surface area contributed by atoms with Gasteiger partial charge in [-0.1, -0.05) is 36.4 Å². The number of pyridine rings is 1. The third-order valence-corrected chi connectivity index (χ3v) is 3.06. The van der Waals surface area contributed by atoms with Gasteiger partial charge in [-0.3, -0.25) is 9.59 Å². The van der Waals surface area contributed by atoms with Gasteiger partial charge in [0.05, 0.1) is 0 Å². The van der Waals surface area contributed by atoms with Gasteiger partial charge in [0.15, 0.2) is 0 Å². The number of benzene rings is 1. The lowest BCUT2D eigenvalue weighted by atomic mass is 10.1. The molecule has 0 atom stereocenters.